The zero-order valence-corrected chi connectivity index (χ0v) is 13.6. The lowest BCUT2D eigenvalue weighted by Crippen LogP contribution is -2.03. The average Bonchev–Trinajstić information content (AvgIpc) is 2.47. The van der Waals surface area contributed by atoms with E-state index in [0.717, 1.165) is 16.7 Å². The zero-order valence-electron chi connectivity index (χ0n) is 12.8. The second-order valence-corrected chi connectivity index (χ2v) is 6.77. The molecule has 0 spiro atoms. The van der Waals surface area contributed by atoms with E-state index in [0.29, 0.717) is 18.4 Å². The molecule has 0 aromatic heterocycles. The minimum Gasteiger partial charge on any atom is -0.282 e. The van der Waals surface area contributed by atoms with Gasteiger partial charge in [-0.1, -0.05) is 54.1 Å². The fourth-order valence-electron chi connectivity index (χ4n) is 2.42. The van der Waals surface area contributed by atoms with Gasteiger partial charge in [0.15, 0.2) is 0 Å². The maximum absolute atomic E-state index is 11.4. The molecule has 0 amide bonds. The summed E-state index contributed by atoms with van der Waals surface area (Å²) in [5, 5.41) is 0. The predicted molar refractivity (Wildman–Crippen MR) is 89.4 cm³/mol. The van der Waals surface area contributed by atoms with E-state index in [1.165, 1.54) is 6.07 Å². The second-order valence-electron chi connectivity index (χ2n) is 5.38. The van der Waals surface area contributed by atoms with Crippen molar-refractivity contribution in [2.45, 2.75) is 31.6 Å². The van der Waals surface area contributed by atoms with Crippen LogP contribution in [0.4, 0.5) is 0 Å². The van der Waals surface area contributed by atoms with Crippen molar-refractivity contribution in [2.24, 2.45) is 0 Å². The van der Waals surface area contributed by atoms with E-state index in [2.05, 4.69) is 6.08 Å². The molecule has 0 aliphatic carbocycles. The lowest BCUT2D eigenvalue weighted by molar-refractivity contribution is 0.482. The van der Waals surface area contributed by atoms with Crippen molar-refractivity contribution in [1.29, 1.82) is 0 Å². The monoisotopic (exact) mass is 316 g/mol. The fourth-order valence-corrected chi connectivity index (χ4v) is 3.15. The first-order valence-corrected chi connectivity index (χ1v) is 8.61. The maximum atomic E-state index is 11.4. The summed E-state index contributed by atoms with van der Waals surface area (Å²) >= 11 is 0. The lowest BCUT2D eigenvalue weighted by atomic mass is 10.0. The summed E-state index contributed by atoms with van der Waals surface area (Å²) in [5.74, 6) is 0. The fraction of sp³-hybridized carbons (Fsp3) is 0.222. The van der Waals surface area contributed by atoms with Crippen LogP contribution in [0.15, 0.2) is 59.5 Å². The van der Waals surface area contributed by atoms with E-state index >= 15 is 0 Å². The zero-order chi connectivity index (χ0) is 16.2. The number of hydrogen-bond donors (Lipinski definition) is 1. The van der Waals surface area contributed by atoms with Gasteiger partial charge in [-0.25, -0.2) is 0 Å². The highest BCUT2D eigenvalue weighted by Gasteiger charge is 2.14. The van der Waals surface area contributed by atoms with Crippen LogP contribution in [-0.4, -0.2) is 13.0 Å². The SMILES string of the molecule is CC(=CCCc1cc(C)ccc1S(=O)(=O)O)c1ccccc1. The van der Waals surface area contributed by atoms with Crippen molar-refractivity contribution in [3.8, 4) is 0 Å². The van der Waals surface area contributed by atoms with Crippen LogP contribution in [0.1, 0.15) is 30.0 Å². The van der Waals surface area contributed by atoms with Crippen molar-refractivity contribution in [1.82, 2.24) is 0 Å². The number of allylic oxidation sites excluding steroid dienone is 2. The Morgan fingerprint density at radius 1 is 1.14 bits per heavy atom. The Bertz CT molecular complexity index is 775. The van der Waals surface area contributed by atoms with E-state index in [1.807, 2.05) is 50.2 Å². The first-order chi connectivity index (χ1) is 10.4. The normalized spacial score (nSPS) is 12.4. The van der Waals surface area contributed by atoms with Crippen LogP contribution in [-0.2, 0) is 16.5 Å². The smallest absolute Gasteiger partial charge is 0.282 e. The van der Waals surface area contributed by atoms with E-state index in [9.17, 15) is 13.0 Å². The molecule has 2 aromatic carbocycles. The molecular weight excluding hydrogens is 296 g/mol. The largest absolute Gasteiger partial charge is 0.294 e. The summed E-state index contributed by atoms with van der Waals surface area (Å²) < 4.78 is 32.2. The number of aryl methyl sites for hydroxylation is 2. The van der Waals surface area contributed by atoms with Crippen molar-refractivity contribution >= 4 is 15.7 Å². The quantitative estimate of drug-likeness (QED) is 0.838. The first kappa shape index (κ1) is 16.5. The van der Waals surface area contributed by atoms with Gasteiger partial charge in [0.1, 0.15) is 0 Å². The summed E-state index contributed by atoms with van der Waals surface area (Å²) in [6.07, 6.45) is 3.37. The molecule has 0 aliphatic rings. The van der Waals surface area contributed by atoms with Crippen LogP contribution in [0.2, 0.25) is 0 Å². The Hall–Kier alpha value is -1.91. The second kappa shape index (κ2) is 6.90. The first-order valence-electron chi connectivity index (χ1n) is 7.17. The highest BCUT2D eigenvalue weighted by Crippen LogP contribution is 2.20. The van der Waals surface area contributed by atoms with Gasteiger partial charge >= 0.3 is 0 Å². The van der Waals surface area contributed by atoms with Gasteiger partial charge in [-0.3, -0.25) is 4.55 Å². The molecular formula is C18H20O3S. The molecule has 0 aliphatic heterocycles. The highest BCUT2D eigenvalue weighted by molar-refractivity contribution is 7.85. The van der Waals surface area contributed by atoms with Crippen molar-refractivity contribution in [3.05, 3.63) is 71.3 Å². The molecule has 0 radical (unpaired) electrons. The Morgan fingerprint density at radius 2 is 1.82 bits per heavy atom. The number of hydrogen-bond acceptors (Lipinski definition) is 2. The molecule has 0 fully saturated rings. The van der Waals surface area contributed by atoms with E-state index in [4.69, 9.17) is 0 Å². The Morgan fingerprint density at radius 3 is 2.45 bits per heavy atom. The van der Waals surface area contributed by atoms with Crippen molar-refractivity contribution < 1.29 is 13.0 Å². The lowest BCUT2D eigenvalue weighted by Gasteiger charge is -2.08. The third-order valence-electron chi connectivity index (χ3n) is 3.59. The van der Waals surface area contributed by atoms with Gasteiger partial charge in [0.25, 0.3) is 10.1 Å². The highest BCUT2D eigenvalue weighted by atomic mass is 32.2. The van der Waals surface area contributed by atoms with Crippen LogP contribution in [0, 0.1) is 6.92 Å². The number of benzene rings is 2. The summed E-state index contributed by atoms with van der Waals surface area (Å²) in [6, 6.07) is 15.0. The molecule has 0 saturated heterocycles. The van der Waals surface area contributed by atoms with Crippen LogP contribution < -0.4 is 0 Å². The molecule has 22 heavy (non-hydrogen) atoms. The Balaban J connectivity index is 2.17. The molecule has 2 aromatic rings. The molecule has 0 unspecified atom stereocenters. The standard InChI is InChI=1S/C18H20O3S/c1-14-11-12-18(22(19,20)21)17(13-14)10-6-7-15(2)16-8-4-3-5-9-16/h3-5,7-9,11-13H,6,10H2,1-2H3,(H,19,20,21). The molecule has 0 atom stereocenters. The Labute approximate surface area is 132 Å². The molecule has 3 nitrogen and oxygen atoms in total. The van der Waals surface area contributed by atoms with E-state index in [1.54, 1.807) is 6.07 Å². The maximum Gasteiger partial charge on any atom is 0.294 e. The third kappa shape index (κ3) is 4.29. The van der Waals surface area contributed by atoms with Gasteiger partial charge in [-0.05, 0) is 49.5 Å². The average molecular weight is 316 g/mol. The van der Waals surface area contributed by atoms with Gasteiger partial charge < -0.3 is 0 Å². The van der Waals surface area contributed by atoms with Crippen molar-refractivity contribution in [2.75, 3.05) is 0 Å². The van der Waals surface area contributed by atoms with Crippen LogP contribution in [0.3, 0.4) is 0 Å². The van der Waals surface area contributed by atoms with Gasteiger partial charge in [0, 0.05) is 0 Å². The van der Waals surface area contributed by atoms with Gasteiger partial charge in [-0.2, -0.15) is 8.42 Å². The minimum absolute atomic E-state index is 0.00358. The summed E-state index contributed by atoms with van der Waals surface area (Å²) in [7, 11) is -4.17. The van der Waals surface area contributed by atoms with Crippen molar-refractivity contribution in [3.63, 3.8) is 0 Å². The molecule has 2 rings (SSSR count). The molecule has 0 saturated carbocycles. The molecule has 0 bridgehead atoms. The minimum atomic E-state index is -4.17. The summed E-state index contributed by atoms with van der Waals surface area (Å²) in [6.45, 7) is 3.94. The Kier molecular flexibility index (Phi) is 5.16. The van der Waals surface area contributed by atoms with Crippen LogP contribution in [0.25, 0.3) is 5.57 Å². The molecule has 116 valence electrons. The predicted octanol–water partition coefficient (Wildman–Crippen LogP) is 4.28. The van der Waals surface area contributed by atoms with Crippen LogP contribution in [0.5, 0.6) is 0 Å². The van der Waals surface area contributed by atoms with Gasteiger partial charge in [-0.15, -0.1) is 0 Å². The molecule has 1 N–H and O–H groups in total. The molecule has 0 heterocycles. The van der Waals surface area contributed by atoms with E-state index in [-0.39, 0.29) is 4.90 Å². The number of rotatable bonds is 5. The summed E-state index contributed by atoms with van der Waals surface area (Å²) in [5.41, 5.74) is 3.94. The topological polar surface area (TPSA) is 54.4 Å². The molecule has 4 heteroatoms. The van der Waals surface area contributed by atoms with Gasteiger partial charge in [0.05, 0.1) is 4.90 Å². The van der Waals surface area contributed by atoms with E-state index < -0.39 is 10.1 Å². The van der Waals surface area contributed by atoms with Crippen LogP contribution >= 0.6 is 0 Å². The third-order valence-corrected chi connectivity index (χ3v) is 4.54. The summed E-state index contributed by atoms with van der Waals surface area (Å²) in [4.78, 5) is 0.00358. The van der Waals surface area contributed by atoms with Gasteiger partial charge in [0.2, 0.25) is 0 Å².